The number of fused-ring (bicyclic) bond motifs is 1. The molecule has 2 amide bonds. The molecule has 4 heterocycles. The number of likely N-dealkylation sites (N-methyl/N-ethyl adjacent to an activating group) is 1. The summed E-state index contributed by atoms with van der Waals surface area (Å²) in [5.41, 5.74) is 2.65. The zero-order valence-electron chi connectivity index (χ0n) is 19.2. The van der Waals surface area contributed by atoms with Crippen molar-refractivity contribution in [3.05, 3.63) is 57.0 Å². The van der Waals surface area contributed by atoms with Crippen LogP contribution in [-0.4, -0.2) is 77.4 Å². The summed E-state index contributed by atoms with van der Waals surface area (Å²) < 4.78 is 3.13. The number of aromatic nitrogens is 1. The fourth-order valence-electron chi connectivity index (χ4n) is 4.99. The van der Waals surface area contributed by atoms with Crippen molar-refractivity contribution in [2.45, 2.75) is 19.4 Å². The first-order valence-corrected chi connectivity index (χ1v) is 13.3. The van der Waals surface area contributed by atoms with E-state index in [4.69, 9.17) is 23.2 Å². The molecule has 2 aromatic heterocycles. The third-order valence-electron chi connectivity index (χ3n) is 6.95. The summed E-state index contributed by atoms with van der Waals surface area (Å²) >= 11 is 14.1. The number of benzene rings is 1. The SMILES string of the molecule is CN1CCN(C(=O)C2CCN(C(=O)c3cc4sccc4n3Cc3cc(Cl)cc(Cl)c3)CC2)CC1. The molecule has 0 aliphatic carbocycles. The van der Waals surface area contributed by atoms with Gasteiger partial charge in [0, 0.05) is 61.8 Å². The zero-order chi connectivity index (χ0) is 23.8. The van der Waals surface area contributed by atoms with E-state index in [1.807, 2.05) is 39.4 Å². The predicted molar refractivity (Wildman–Crippen MR) is 138 cm³/mol. The average molecular weight is 519 g/mol. The van der Waals surface area contributed by atoms with E-state index in [0.29, 0.717) is 35.4 Å². The summed E-state index contributed by atoms with van der Waals surface area (Å²) in [6.07, 6.45) is 1.44. The lowest BCUT2D eigenvalue weighted by Crippen LogP contribution is -2.51. The number of hydrogen-bond acceptors (Lipinski definition) is 4. The zero-order valence-corrected chi connectivity index (χ0v) is 21.5. The van der Waals surface area contributed by atoms with Crippen LogP contribution in [0.1, 0.15) is 28.9 Å². The number of halogens is 2. The van der Waals surface area contributed by atoms with Crippen LogP contribution in [0.15, 0.2) is 35.7 Å². The van der Waals surface area contributed by atoms with Gasteiger partial charge >= 0.3 is 0 Å². The molecule has 0 atom stereocenters. The van der Waals surface area contributed by atoms with Gasteiger partial charge in [-0.2, -0.15) is 0 Å². The summed E-state index contributed by atoms with van der Waals surface area (Å²) in [5, 5.41) is 3.20. The molecule has 5 rings (SSSR count). The molecule has 1 aromatic carbocycles. The van der Waals surface area contributed by atoms with Crippen molar-refractivity contribution in [2.75, 3.05) is 46.3 Å². The first-order chi connectivity index (χ1) is 16.4. The van der Waals surface area contributed by atoms with Crippen LogP contribution in [0.3, 0.4) is 0 Å². The maximum atomic E-state index is 13.6. The number of likely N-dealkylation sites (tertiary alicyclic amines) is 1. The number of carbonyl (C=O) groups excluding carboxylic acids is 2. The Morgan fingerprint density at radius 1 is 0.941 bits per heavy atom. The van der Waals surface area contributed by atoms with E-state index >= 15 is 0 Å². The van der Waals surface area contributed by atoms with Crippen LogP contribution >= 0.6 is 34.5 Å². The molecule has 9 heteroatoms. The summed E-state index contributed by atoms with van der Waals surface area (Å²) in [6.45, 7) is 5.16. The second-order valence-electron chi connectivity index (χ2n) is 9.26. The monoisotopic (exact) mass is 518 g/mol. The van der Waals surface area contributed by atoms with Crippen molar-refractivity contribution >= 4 is 56.6 Å². The lowest BCUT2D eigenvalue weighted by atomic mass is 9.94. The maximum Gasteiger partial charge on any atom is 0.270 e. The molecule has 3 aromatic rings. The van der Waals surface area contributed by atoms with Crippen LogP contribution in [0.2, 0.25) is 10.0 Å². The molecule has 6 nitrogen and oxygen atoms in total. The molecule has 180 valence electrons. The van der Waals surface area contributed by atoms with E-state index in [9.17, 15) is 9.59 Å². The van der Waals surface area contributed by atoms with Gasteiger partial charge < -0.3 is 19.3 Å². The first-order valence-electron chi connectivity index (χ1n) is 11.7. The quantitative estimate of drug-likeness (QED) is 0.503. The Morgan fingerprint density at radius 3 is 2.29 bits per heavy atom. The highest BCUT2D eigenvalue weighted by molar-refractivity contribution is 7.17. The molecule has 2 aliphatic heterocycles. The normalized spacial score (nSPS) is 18.1. The fraction of sp³-hybridized carbons (Fsp3) is 0.440. The van der Waals surface area contributed by atoms with Crippen LogP contribution < -0.4 is 0 Å². The highest BCUT2D eigenvalue weighted by atomic mass is 35.5. The number of nitrogens with zero attached hydrogens (tertiary/aromatic N) is 4. The van der Waals surface area contributed by atoms with Crippen LogP contribution in [0.5, 0.6) is 0 Å². The Morgan fingerprint density at radius 2 is 1.62 bits per heavy atom. The molecule has 2 fully saturated rings. The van der Waals surface area contributed by atoms with Gasteiger partial charge in [-0.15, -0.1) is 11.3 Å². The van der Waals surface area contributed by atoms with Gasteiger partial charge in [0.25, 0.3) is 5.91 Å². The summed E-state index contributed by atoms with van der Waals surface area (Å²) in [4.78, 5) is 32.7. The van der Waals surface area contributed by atoms with E-state index in [1.54, 1.807) is 17.4 Å². The second-order valence-corrected chi connectivity index (χ2v) is 11.1. The van der Waals surface area contributed by atoms with Crippen molar-refractivity contribution in [3.63, 3.8) is 0 Å². The minimum absolute atomic E-state index is 0.0105. The lowest BCUT2D eigenvalue weighted by molar-refractivity contribution is -0.138. The van der Waals surface area contributed by atoms with Crippen molar-refractivity contribution in [3.8, 4) is 0 Å². The van der Waals surface area contributed by atoms with Crippen LogP contribution in [0, 0.1) is 5.92 Å². The molecular weight excluding hydrogens is 491 g/mol. The van der Waals surface area contributed by atoms with E-state index in [2.05, 4.69) is 16.5 Å². The van der Waals surface area contributed by atoms with Crippen molar-refractivity contribution in [1.29, 1.82) is 0 Å². The predicted octanol–water partition coefficient (Wildman–Crippen LogP) is 4.68. The van der Waals surface area contributed by atoms with Gasteiger partial charge in [-0.25, -0.2) is 0 Å². The number of rotatable bonds is 4. The lowest BCUT2D eigenvalue weighted by Gasteiger charge is -2.37. The minimum atomic E-state index is 0.0105. The Balaban J connectivity index is 1.30. The third kappa shape index (κ3) is 4.85. The molecule has 0 unspecified atom stereocenters. The number of amides is 2. The summed E-state index contributed by atoms with van der Waals surface area (Å²) in [5.74, 6) is 0.278. The molecular formula is C25H28Cl2N4O2S. The van der Waals surface area contributed by atoms with Crippen molar-refractivity contribution < 1.29 is 9.59 Å². The van der Waals surface area contributed by atoms with E-state index in [-0.39, 0.29) is 17.7 Å². The van der Waals surface area contributed by atoms with Crippen LogP contribution in [-0.2, 0) is 11.3 Å². The number of piperazine rings is 1. The summed E-state index contributed by atoms with van der Waals surface area (Å²) in [6, 6.07) is 9.51. The van der Waals surface area contributed by atoms with Gasteiger partial charge in [-0.05, 0) is 61.2 Å². The topological polar surface area (TPSA) is 48.8 Å². The van der Waals surface area contributed by atoms with Gasteiger partial charge in [0.05, 0.1) is 10.2 Å². The molecule has 0 saturated carbocycles. The number of hydrogen-bond donors (Lipinski definition) is 0. The summed E-state index contributed by atoms with van der Waals surface area (Å²) in [7, 11) is 2.09. The first kappa shape index (κ1) is 23.7. The van der Waals surface area contributed by atoms with Gasteiger partial charge in [-0.1, -0.05) is 23.2 Å². The number of piperidine rings is 1. The third-order valence-corrected chi connectivity index (χ3v) is 8.24. The molecule has 2 saturated heterocycles. The van der Waals surface area contributed by atoms with E-state index in [0.717, 1.165) is 54.8 Å². The molecule has 0 spiro atoms. The van der Waals surface area contributed by atoms with Gasteiger partial charge in [0.1, 0.15) is 5.69 Å². The highest BCUT2D eigenvalue weighted by Crippen LogP contribution is 2.30. The molecule has 0 radical (unpaired) electrons. The largest absolute Gasteiger partial charge is 0.340 e. The molecule has 34 heavy (non-hydrogen) atoms. The van der Waals surface area contributed by atoms with Gasteiger partial charge in [-0.3, -0.25) is 9.59 Å². The van der Waals surface area contributed by atoms with E-state index < -0.39 is 0 Å². The molecule has 0 bridgehead atoms. The molecule has 0 N–H and O–H groups in total. The number of thiophene rings is 1. The van der Waals surface area contributed by atoms with Crippen LogP contribution in [0.25, 0.3) is 10.2 Å². The Kier molecular flexibility index (Phi) is 6.89. The molecule has 2 aliphatic rings. The van der Waals surface area contributed by atoms with Crippen molar-refractivity contribution in [1.82, 2.24) is 19.3 Å². The maximum absolute atomic E-state index is 13.6. The second kappa shape index (κ2) is 9.90. The van der Waals surface area contributed by atoms with Crippen LogP contribution in [0.4, 0.5) is 0 Å². The average Bonchev–Trinajstić information content (AvgIpc) is 3.41. The highest BCUT2D eigenvalue weighted by Gasteiger charge is 2.32. The number of carbonyl (C=O) groups is 2. The smallest absolute Gasteiger partial charge is 0.270 e. The van der Waals surface area contributed by atoms with Gasteiger partial charge in [0.2, 0.25) is 5.91 Å². The minimum Gasteiger partial charge on any atom is -0.340 e. The van der Waals surface area contributed by atoms with Gasteiger partial charge in [0.15, 0.2) is 0 Å². The Labute approximate surface area is 213 Å². The van der Waals surface area contributed by atoms with Crippen molar-refractivity contribution in [2.24, 2.45) is 5.92 Å². The van der Waals surface area contributed by atoms with E-state index in [1.165, 1.54) is 0 Å². The standard InChI is InChI=1S/C25H28Cl2N4O2S/c1-28-7-9-30(10-8-28)24(32)18-2-5-29(6-3-18)25(33)22-15-23-21(4-11-34-23)31(22)16-17-12-19(26)14-20(27)13-17/h4,11-15,18H,2-3,5-10,16H2,1H3. The Bertz CT molecular complexity index is 1190. The fourth-order valence-corrected chi connectivity index (χ4v) is 6.38. The Hall–Kier alpha value is -2.06.